The fourth-order valence-corrected chi connectivity index (χ4v) is 4.65. The molecule has 0 saturated carbocycles. The minimum Gasteiger partial charge on any atom is -0.441 e. The molecule has 7 heteroatoms. The molecule has 0 aromatic heterocycles. The van der Waals surface area contributed by atoms with Crippen molar-refractivity contribution in [1.82, 2.24) is 4.90 Å². The predicted molar refractivity (Wildman–Crippen MR) is 145 cm³/mol. The van der Waals surface area contributed by atoms with Crippen molar-refractivity contribution in [3.63, 3.8) is 0 Å². The minimum absolute atomic E-state index is 0.0592. The van der Waals surface area contributed by atoms with Crippen LogP contribution in [0.3, 0.4) is 0 Å². The van der Waals surface area contributed by atoms with Crippen LogP contribution in [0.2, 0.25) is 10.0 Å². The second-order valence-electron chi connectivity index (χ2n) is 10.1. The number of carbonyl (C=O) groups excluding carboxylic acids is 2. The number of hydrogen-bond donors (Lipinski definition) is 1. The van der Waals surface area contributed by atoms with E-state index >= 15 is 0 Å². The van der Waals surface area contributed by atoms with Crippen LogP contribution in [0.5, 0.6) is 0 Å². The third-order valence-electron chi connectivity index (χ3n) is 6.69. The van der Waals surface area contributed by atoms with Gasteiger partial charge in [-0.3, -0.25) is 4.79 Å². The Morgan fingerprint density at radius 3 is 2.31 bits per heavy atom. The number of carbonyl (C=O) groups is 2. The van der Waals surface area contributed by atoms with Crippen molar-refractivity contribution in [2.75, 3.05) is 12.4 Å². The second kappa shape index (κ2) is 10.5. The monoisotopic (exact) mass is 524 g/mol. The Morgan fingerprint density at radius 1 is 0.917 bits per heavy atom. The van der Waals surface area contributed by atoms with Crippen LogP contribution in [-0.4, -0.2) is 29.5 Å². The van der Waals surface area contributed by atoms with E-state index in [1.807, 2.05) is 69.3 Å². The van der Waals surface area contributed by atoms with E-state index in [1.165, 1.54) is 0 Å². The van der Waals surface area contributed by atoms with Gasteiger partial charge in [-0.15, -0.1) is 0 Å². The van der Waals surface area contributed by atoms with Gasteiger partial charge in [0.15, 0.2) is 0 Å². The van der Waals surface area contributed by atoms with Crippen LogP contribution in [0.15, 0.2) is 66.7 Å². The summed E-state index contributed by atoms with van der Waals surface area (Å²) in [5.41, 5.74) is 3.79. The van der Waals surface area contributed by atoms with Gasteiger partial charge in [-0.2, -0.15) is 0 Å². The lowest BCUT2D eigenvalue weighted by molar-refractivity contribution is 0.0394. The highest BCUT2D eigenvalue weighted by Gasteiger charge is 2.33. The number of rotatable bonds is 4. The third-order valence-corrected chi connectivity index (χ3v) is 7.43. The first-order valence-corrected chi connectivity index (χ1v) is 12.7. The maximum atomic E-state index is 13.0. The van der Waals surface area contributed by atoms with Gasteiger partial charge in [-0.05, 0) is 86.7 Å². The van der Waals surface area contributed by atoms with Crippen LogP contribution in [0, 0.1) is 0 Å². The van der Waals surface area contributed by atoms with Crippen LogP contribution in [0.1, 0.15) is 72.7 Å². The highest BCUT2D eigenvalue weighted by molar-refractivity contribution is 6.42. The molecule has 3 aromatic carbocycles. The molecule has 0 fully saturated rings. The molecule has 1 aliphatic carbocycles. The molecule has 4 rings (SSSR count). The summed E-state index contributed by atoms with van der Waals surface area (Å²) in [4.78, 5) is 27.3. The van der Waals surface area contributed by atoms with E-state index < -0.39 is 6.10 Å². The number of halogens is 2. The molecule has 188 valence electrons. The maximum Gasteiger partial charge on any atom is 0.410 e. The van der Waals surface area contributed by atoms with E-state index in [4.69, 9.17) is 27.9 Å². The number of fused-ring (bicyclic) bond motifs is 1. The Hall–Kier alpha value is -3.02. The van der Waals surface area contributed by atoms with Crippen LogP contribution < -0.4 is 5.32 Å². The molecule has 0 radical (unpaired) electrons. The molecule has 1 aliphatic rings. The molecular weight excluding hydrogens is 495 g/mol. The second-order valence-corrected chi connectivity index (χ2v) is 10.9. The number of anilines is 1. The Balaban J connectivity index is 1.68. The number of benzene rings is 3. The van der Waals surface area contributed by atoms with Gasteiger partial charge in [-0.1, -0.05) is 53.5 Å². The lowest BCUT2D eigenvalue weighted by Crippen LogP contribution is -2.43. The first-order valence-electron chi connectivity index (χ1n) is 11.9. The van der Waals surface area contributed by atoms with Crippen molar-refractivity contribution in [3.8, 4) is 0 Å². The molecule has 0 heterocycles. The van der Waals surface area contributed by atoms with Gasteiger partial charge in [0.05, 0.1) is 10.0 Å². The standard InChI is InChI=1S/C29H30Cl2N2O3/c1-29(2,3)33(4)28(35)36-26-15-13-21(19-10-14-24(30)25(31)16-19)22-12-11-20(17-23(22)26)32-27(34)18-8-6-5-7-9-18/h5-12,14,16-17,21,26H,13,15H2,1-4H3,(H,32,34)/t21-,26-/m0/s1. The Kier molecular flexibility index (Phi) is 7.62. The third kappa shape index (κ3) is 5.69. The van der Waals surface area contributed by atoms with E-state index in [-0.39, 0.29) is 23.5 Å². The first kappa shape index (κ1) is 26.1. The number of nitrogens with one attached hydrogen (secondary N) is 1. The zero-order valence-electron chi connectivity index (χ0n) is 20.8. The lowest BCUT2D eigenvalue weighted by Gasteiger charge is -2.36. The summed E-state index contributed by atoms with van der Waals surface area (Å²) in [6, 6.07) is 20.5. The van der Waals surface area contributed by atoms with Crippen molar-refractivity contribution in [1.29, 1.82) is 0 Å². The SMILES string of the molecule is CN(C(=O)O[C@H]1CC[C@@H](c2ccc(Cl)c(Cl)c2)c2ccc(NC(=O)c3ccccc3)cc21)C(C)(C)C. The molecule has 0 unspecified atom stereocenters. The van der Waals surface area contributed by atoms with E-state index in [0.29, 0.717) is 27.7 Å². The maximum absolute atomic E-state index is 13.0. The zero-order valence-corrected chi connectivity index (χ0v) is 22.4. The van der Waals surface area contributed by atoms with Gasteiger partial charge in [0.1, 0.15) is 6.10 Å². The molecule has 5 nitrogen and oxygen atoms in total. The lowest BCUT2D eigenvalue weighted by atomic mass is 9.77. The zero-order chi connectivity index (χ0) is 26.0. The molecule has 0 saturated heterocycles. The molecule has 1 N–H and O–H groups in total. The minimum atomic E-state index is -0.440. The van der Waals surface area contributed by atoms with Gasteiger partial charge >= 0.3 is 6.09 Å². The van der Waals surface area contributed by atoms with Crippen molar-refractivity contribution in [3.05, 3.63) is 99.0 Å². The van der Waals surface area contributed by atoms with Crippen LogP contribution in [0.25, 0.3) is 0 Å². The normalized spacial score (nSPS) is 17.2. The van der Waals surface area contributed by atoms with Crippen molar-refractivity contribution in [2.24, 2.45) is 0 Å². The Bertz CT molecular complexity index is 1270. The summed E-state index contributed by atoms with van der Waals surface area (Å²) in [7, 11) is 1.74. The van der Waals surface area contributed by atoms with E-state index in [9.17, 15) is 9.59 Å². The topological polar surface area (TPSA) is 58.6 Å². The van der Waals surface area contributed by atoms with Gasteiger partial charge in [0.25, 0.3) is 5.91 Å². The summed E-state index contributed by atoms with van der Waals surface area (Å²) in [6.45, 7) is 5.88. The summed E-state index contributed by atoms with van der Waals surface area (Å²) in [5.74, 6) is -0.141. The van der Waals surface area contributed by atoms with Crippen molar-refractivity contribution in [2.45, 2.75) is 51.2 Å². The Labute approximate surface area is 222 Å². The molecule has 36 heavy (non-hydrogen) atoms. The summed E-state index contributed by atoms with van der Waals surface area (Å²) >= 11 is 12.5. The highest BCUT2D eigenvalue weighted by Crippen LogP contribution is 2.45. The fraction of sp³-hybridized carbons (Fsp3) is 0.310. The van der Waals surface area contributed by atoms with Gasteiger partial charge < -0.3 is 15.0 Å². The van der Waals surface area contributed by atoms with Crippen LogP contribution in [-0.2, 0) is 4.74 Å². The van der Waals surface area contributed by atoms with Crippen LogP contribution in [0.4, 0.5) is 10.5 Å². The molecule has 0 aliphatic heterocycles. The molecule has 0 spiro atoms. The van der Waals surface area contributed by atoms with E-state index in [1.54, 1.807) is 30.1 Å². The van der Waals surface area contributed by atoms with Gasteiger partial charge in [0, 0.05) is 29.8 Å². The van der Waals surface area contributed by atoms with Crippen molar-refractivity contribution < 1.29 is 14.3 Å². The van der Waals surface area contributed by atoms with Crippen molar-refractivity contribution >= 4 is 40.9 Å². The molecule has 3 aromatic rings. The highest BCUT2D eigenvalue weighted by atomic mass is 35.5. The Morgan fingerprint density at radius 2 is 1.64 bits per heavy atom. The molecule has 2 amide bonds. The molecule has 2 atom stereocenters. The van der Waals surface area contributed by atoms with E-state index in [2.05, 4.69) is 5.32 Å². The quantitative estimate of drug-likeness (QED) is 0.375. The van der Waals surface area contributed by atoms with Crippen LogP contribution >= 0.6 is 23.2 Å². The largest absolute Gasteiger partial charge is 0.441 e. The summed E-state index contributed by atoms with van der Waals surface area (Å²) in [6.07, 6.45) is 0.588. The predicted octanol–water partition coefficient (Wildman–Crippen LogP) is 8.08. The molecular formula is C29H30Cl2N2O3. The van der Waals surface area contributed by atoms with Gasteiger partial charge in [-0.25, -0.2) is 4.79 Å². The first-order chi connectivity index (χ1) is 17.0. The number of hydrogen-bond acceptors (Lipinski definition) is 3. The smallest absolute Gasteiger partial charge is 0.410 e. The summed E-state index contributed by atoms with van der Waals surface area (Å²) < 4.78 is 6.00. The van der Waals surface area contributed by atoms with E-state index in [0.717, 1.165) is 23.1 Å². The average molecular weight is 525 g/mol. The average Bonchev–Trinajstić information content (AvgIpc) is 2.85. The number of ether oxygens (including phenoxy) is 1. The number of amides is 2. The van der Waals surface area contributed by atoms with Gasteiger partial charge in [0.2, 0.25) is 0 Å². The summed E-state index contributed by atoms with van der Waals surface area (Å²) in [5, 5.41) is 3.98. The fourth-order valence-electron chi connectivity index (χ4n) is 4.34. The molecule has 0 bridgehead atoms. The number of nitrogens with zero attached hydrogens (tertiary/aromatic N) is 1.